The minimum atomic E-state index is -0.432. The van der Waals surface area contributed by atoms with Crippen molar-refractivity contribution in [3.63, 3.8) is 0 Å². The van der Waals surface area contributed by atoms with Gasteiger partial charge in [-0.2, -0.15) is 0 Å². The normalized spacial score (nSPS) is 19.4. The lowest BCUT2D eigenvalue weighted by molar-refractivity contribution is -0.00902. The Labute approximate surface area is 96.2 Å². The van der Waals surface area contributed by atoms with Crippen LogP contribution in [-0.2, 0) is 10.3 Å². The van der Waals surface area contributed by atoms with Gasteiger partial charge in [0, 0.05) is 24.8 Å². The Bertz CT molecular complexity index is 384. The molecule has 2 rings (SSSR count). The Balaban J connectivity index is 2.39. The first-order chi connectivity index (χ1) is 7.59. The van der Waals surface area contributed by atoms with Crippen molar-refractivity contribution in [2.45, 2.75) is 44.6 Å². The first kappa shape index (κ1) is 11.3. The molecule has 1 atom stereocenters. The maximum atomic E-state index is 5.82. The fourth-order valence-corrected chi connectivity index (χ4v) is 1.70. The number of hydrogen-bond donors (Lipinski definition) is 1. The molecule has 1 heterocycles. The van der Waals surface area contributed by atoms with E-state index >= 15 is 0 Å². The van der Waals surface area contributed by atoms with Gasteiger partial charge in [0.2, 0.25) is 0 Å². The average Bonchev–Trinajstić information content (AvgIpc) is 3.11. The fraction of sp³-hybridized carbons (Fsp3) is 0.667. The predicted octanol–water partition coefficient (Wildman–Crippen LogP) is 2.21. The molecule has 16 heavy (non-hydrogen) atoms. The van der Waals surface area contributed by atoms with Crippen molar-refractivity contribution in [1.29, 1.82) is 0 Å². The van der Waals surface area contributed by atoms with Crippen LogP contribution in [0.15, 0.2) is 6.07 Å². The molecule has 1 aromatic heterocycles. The van der Waals surface area contributed by atoms with Crippen molar-refractivity contribution in [1.82, 2.24) is 9.97 Å². The van der Waals surface area contributed by atoms with Gasteiger partial charge in [-0.05, 0) is 26.2 Å². The fourth-order valence-electron chi connectivity index (χ4n) is 1.70. The maximum Gasteiger partial charge on any atom is 0.162 e. The van der Waals surface area contributed by atoms with E-state index in [1.807, 2.05) is 13.0 Å². The number of nitrogen functional groups attached to an aromatic ring is 1. The van der Waals surface area contributed by atoms with Gasteiger partial charge in [-0.3, -0.25) is 0 Å². The van der Waals surface area contributed by atoms with Crippen molar-refractivity contribution in [2.24, 2.45) is 0 Å². The molecule has 4 nitrogen and oxygen atoms in total. The Morgan fingerprint density at radius 2 is 2.19 bits per heavy atom. The van der Waals surface area contributed by atoms with Crippen molar-refractivity contribution in [2.75, 3.05) is 12.8 Å². The average molecular weight is 221 g/mol. The highest BCUT2D eigenvalue weighted by atomic mass is 16.5. The summed E-state index contributed by atoms with van der Waals surface area (Å²) in [5.74, 6) is 1.84. The first-order valence-corrected chi connectivity index (χ1v) is 5.79. The molecule has 0 spiro atoms. The second-order valence-electron chi connectivity index (χ2n) is 4.60. The molecular weight excluding hydrogens is 202 g/mol. The molecule has 0 aliphatic heterocycles. The molecular formula is C12H19N3O. The van der Waals surface area contributed by atoms with Gasteiger partial charge in [-0.1, -0.05) is 6.92 Å². The van der Waals surface area contributed by atoms with Gasteiger partial charge in [-0.25, -0.2) is 9.97 Å². The molecule has 0 radical (unpaired) electrons. The second-order valence-corrected chi connectivity index (χ2v) is 4.60. The molecule has 1 fully saturated rings. The second kappa shape index (κ2) is 4.01. The number of methoxy groups -OCH3 is 1. The molecule has 4 heteroatoms. The van der Waals surface area contributed by atoms with Crippen LogP contribution < -0.4 is 5.73 Å². The number of hydrogen-bond acceptors (Lipinski definition) is 4. The molecule has 2 N–H and O–H groups in total. The monoisotopic (exact) mass is 221 g/mol. The molecule has 0 bridgehead atoms. The number of ether oxygens (including phenoxy) is 1. The van der Waals surface area contributed by atoms with Gasteiger partial charge in [0.15, 0.2) is 5.82 Å². The van der Waals surface area contributed by atoms with Gasteiger partial charge in [-0.15, -0.1) is 0 Å². The van der Waals surface area contributed by atoms with Crippen LogP contribution in [-0.4, -0.2) is 17.1 Å². The lowest BCUT2D eigenvalue weighted by atomic mass is 10.0. The standard InChI is InChI=1S/C12H19N3O/c1-4-12(2,16-3)11-14-9(8-5-6-8)7-10(13)15-11/h7-8H,4-6H2,1-3H3,(H2,13,14,15). The van der Waals surface area contributed by atoms with E-state index in [4.69, 9.17) is 10.5 Å². The van der Waals surface area contributed by atoms with Gasteiger partial charge < -0.3 is 10.5 Å². The largest absolute Gasteiger partial charge is 0.384 e. The summed E-state index contributed by atoms with van der Waals surface area (Å²) in [7, 11) is 1.69. The minimum absolute atomic E-state index is 0.432. The summed E-state index contributed by atoms with van der Waals surface area (Å²) in [6, 6.07) is 1.88. The Morgan fingerprint density at radius 3 is 2.69 bits per heavy atom. The Hall–Kier alpha value is -1.16. The molecule has 0 aromatic carbocycles. The van der Waals surface area contributed by atoms with Gasteiger partial charge in [0.1, 0.15) is 11.4 Å². The summed E-state index contributed by atoms with van der Waals surface area (Å²) in [5.41, 5.74) is 6.46. The molecule has 1 saturated carbocycles. The zero-order chi connectivity index (χ0) is 11.8. The third kappa shape index (κ3) is 2.02. The Kier molecular flexibility index (Phi) is 2.84. The third-order valence-corrected chi connectivity index (χ3v) is 3.36. The van der Waals surface area contributed by atoms with E-state index < -0.39 is 5.60 Å². The van der Waals surface area contributed by atoms with Crippen LogP contribution in [0.2, 0.25) is 0 Å². The number of rotatable bonds is 4. The summed E-state index contributed by atoms with van der Waals surface area (Å²) in [5, 5.41) is 0. The molecule has 1 unspecified atom stereocenters. The van der Waals surface area contributed by atoms with Crippen molar-refractivity contribution in [3.8, 4) is 0 Å². The van der Waals surface area contributed by atoms with Gasteiger partial charge >= 0.3 is 0 Å². The van der Waals surface area contributed by atoms with Crippen LogP contribution >= 0.6 is 0 Å². The zero-order valence-corrected chi connectivity index (χ0v) is 10.2. The van der Waals surface area contributed by atoms with Crippen LogP contribution in [0, 0.1) is 0 Å². The highest BCUT2D eigenvalue weighted by Crippen LogP contribution is 2.40. The van der Waals surface area contributed by atoms with Crippen molar-refractivity contribution in [3.05, 3.63) is 17.6 Å². The van der Waals surface area contributed by atoms with E-state index in [0.29, 0.717) is 17.6 Å². The number of nitrogens with two attached hydrogens (primary N) is 1. The molecule has 0 saturated heterocycles. The summed E-state index contributed by atoms with van der Waals surface area (Å²) >= 11 is 0. The van der Waals surface area contributed by atoms with E-state index in [0.717, 1.165) is 12.1 Å². The summed E-state index contributed by atoms with van der Waals surface area (Å²) in [6.45, 7) is 4.06. The Morgan fingerprint density at radius 1 is 1.50 bits per heavy atom. The van der Waals surface area contributed by atoms with Crippen LogP contribution in [0.5, 0.6) is 0 Å². The van der Waals surface area contributed by atoms with Crippen LogP contribution in [0.1, 0.15) is 50.5 Å². The molecule has 0 amide bonds. The van der Waals surface area contributed by atoms with Crippen molar-refractivity contribution >= 4 is 5.82 Å². The zero-order valence-electron chi connectivity index (χ0n) is 10.2. The van der Waals surface area contributed by atoms with Gasteiger partial charge in [0.05, 0.1) is 0 Å². The minimum Gasteiger partial charge on any atom is -0.384 e. The molecule has 1 aliphatic rings. The molecule has 88 valence electrons. The van der Waals surface area contributed by atoms with Gasteiger partial charge in [0.25, 0.3) is 0 Å². The van der Waals surface area contributed by atoms with E-state index in [9.17, 15) is 0 Å². The SMILES string of the molecule is CCC(C)(OC)c1nc(N)cc(C2CC2)n1. The molecule has 1 aliphatic carbocycles. The van der Waals surface area contributed by atoms with E-state index in [1.54, 1.807) is 7.11 Å². The lowest BCUT2D eigenvalue weighted by Gasteiger charge is -2.25. The number of aromatic nitrogens is 2. The first-order valence-electron chi connectivity index (χ1n) is 5.79. The highest BCUT2D eigenvalue weighted by molar-refractivity contribution is 5.33. The lowest BCUT2D eigenvalue weighted by Crippen LogP contribution is -2.27. The van der Waals surface area contributed by atoms with Crippen LogP contribution in [0.4, 0.5) is 5.82 Å². The highest BCUT2D eigenvalue weighted by Gasteiger charge is 2.31. The summed E-state index contributed by atoms with van der Waals surface area (Å²) < 4.78 is 5.50. The smallest absolute Gasteiger partial charge is 0.162 e. The van der Waals surface area contributed by atoms with E-state index in [1.165, 1.54) is 12.8 Å². The topological polar surface area (TPSA) is 61.0 Å². The van der Waals surface area contributed by atoms with Crippen LogP contribution in [0.25, 0.3) is 0 Å². The molecule has 1 aromatic rings. The predicted molar refractivity (Wildman–Crippen MR) is 63.1 cm³/mol. The number of anilines is 1. The van der Waals surface area contributed by atoms with Crippen LogP contribution in [0.3, 0.4) is 0 Å². The summed E-state index contributed by atoms with van der Waals surface area (Å²) in [4.78, 5) is 8.89. The quantitative estimate of drug-likeness (QED) is 0.846. The van der Waals surface area contributed by atoms with E-state index in [-0.39, 0.29) is 0 Å². The maximum absolute atomic E-state index is 5.82. The van der Waals surface area contributed by atoms with E-state index in [2.05, 4.69) is 16.9 Å². The number of nitrogens with zero attached hydrogens (tertiary/aromatic N) is 2. The third-order valence-electron chi connectivity index (χ3n) is 3.36. The summed E-state index contributed by atoms with van der Waals surface area (Å²) in [6.07, 6.45) is 3.26. The van der Waals surface area contributed by atoms with Crippen molar-refractivity contribution < 1.29 is 4.74 Å².